The van der Waals surface area contributed by atoms with Gasteiger partial charge in [-0.25, -0.2) is 4.39 Å². The van der Waals surface area contributed by atoms with Gasteiger partial charge in [0.05, 0.1) is 0 Å². The largest absolute Gasteiger partial charge is 0.319 e. The molecule has 0 spiro atoms. The van der Waals surface area contributed by atoms with E-state index in [9.17, 15) is 9.18 Å². The van der Waals surface area contributed by atoms with E-state index in [1.807, 2.05) is 22.8 Å². The average Bonchev–Trinajstić information content (AvgIpc) is 3.28. The lowest BCUT2D eigenvalue weighted by Gasteiger charge is -2.25. The molecule has 2 aromatic carbocycles. The van der Waals surface area contributed by atoms with Crippen LogP contribution in [-0.2, 0) is 19.5 Å². The lowest BCUT2D eigenvalue weighted by molar-refractivity contribution is 0.100. The number of nitrogens with zero attached hydrogens (tertiary/aromatic N) is 4. The Morgan fingerprint density at radius 3 is 2.77 bits per heavy atom. The van der Waals surface area contributed by atoms with Crippen molar-refractivity contribution in [1.29, 1.82) is 0 Å². The average molecular weight is 426 g/mol. The standard InChI is InChI=1S/C22H21ClFN5O/c23-17-4-1-3-14(7-17)10-28-11-15-8-20-26-27-21(29(20)13-16(15)12-28)22(30)25-19-6-2-5-18(24)9-19/h1-7,9,15-16H,8,10-13H2,(H,25,30)/t15-,16-/m0/s1. The smallest absolute Gasteiger partial charge is 0.293 e. The number of carbonyl (C=O) groups excluding carboxylic acids is 1. The van der Waals surface area contributed by atoms with Gasteiger partial charge in [-0.15, -0.1) is 10.2 Å². The summed E-state index contributed by atoms with van der Waals surface area (Å²) >= 11 is 6.12. The van der Waals surface area contributed by atoms with Gasteiger partial charge in [0.2, 0.25) is 5.82 Å². The van der Waals surface area contributed by atoms with Crippen LogP contribution >= 0.6 is 11.6 Å². The second kappa shape index (κ2) is 7.81. The second-order valence-electron chi connectivity index (χ2n) is 8.06. The Balaban J connectivity index is 1.28. The van der Waals surface area contributed by atoms with E-state index in [0.29, 0.717) is 24.1 Å². The normalized spacial score (nSPS) is 20.6. The number of anilines is 1. The van der Waals surface area contributed by atoms with Crippen LogP contribution in [0.4, 0.5) is 10.1 Å². The van der Waals surface area contributed by atoms with Gasteiger partial charge in [-0.2, -0.15) is 0 Å². The fourth-order valence-corrected chi connectivity index (χ4v) is 4.78. The van der Waals surface area contributed by atoms with Crippen molar-refractivity contribution in [2.24, 2.45) is 11.8 Å². The lowest BCUT2D eigenvalue weighted by Crippen LogP contribution is -2.31. The van der Waals surface area contributed by atoms with Gasteiger partial charge in [0, 0.05) is 43.3 Å². The summed E-state index contributed by atoms with van der Waals surface area (Å²) in [6.07, 6.45) is 0.803. The maximum Gasteiger partial charge on any atom is 0.293 e. The van der Waals surface area contributed by atoms with Crippen LogP contribution in [0.25, 0.3) is 0 Å². The number of hydrogen-bond donors (Lipinski definition) is 1. The fraction of sp³-hybridized carbons (Fsp3) is 0.318. The molecule has 2 aliphatic rings. The number of aromatic nitrogens is 3. The van der Waals surface area contributed by atoms with Gasteiger partial charge in [-0.1, -0.05) is 29.8 Å². The predicted octanol–water partition coefficient (Wildman–Crippen LogP) is 3.63. The number of fused-ring (bicyclic) bond motifs is 2. The monoisotopic (exact) mass is 425 g/mol. The Morgan fingerprint density at radius 1 is 1.10 bits per heavy atom. The minimum Gasteiger partial charge on any atom is -0.319 e. The van der Waals surface area contributed by atoms with E-state index in [-0.39, 0.29) is 11.7 Å². The Kier molecular flexibility index (Phi) is 5.00. The first-order chi connectivity index (χ1) is 14.5. The molecular formula is C22H21ClFN5O. The van der Waals surface area contributed by atoms with Gasteiger partial charge in [-0.05, 0) is 47.7 Å². The second-order valence-corrected chi connectivity index (χ2v) is 8.50. The molecular weight excluding hydrogens is 405 g/mol. The van der Waals surface area contributed by atoms with Crippen LogP contribution in [0.1, 0.15) is 22.0 Å². The first-order valence-corrected chi connectivity index (χ1v) is 10.4. The third-order valence-corrected chi connectivity index (χ3v) is 6.16. The number of likely N-dealkylation sites (tertiary alicyclic amines) is 1. The summed E-state index contributed by atoms with van der Waals surface area (Å²) in [5, 5.41) is 11.8. The molecule has 0 unspecified atom stereocenters. The van der Waals surface area contributed by atoms with E-state index in [4.69, 9.17) is 11.6 Å². The minimum absolute atomic E-state index is 0.279. The summed E-state index contributed by atoms with van der Waals surface area (Å²) in [7, 11) is 0. The van der Waals surface area contributed by atoms with E-state index in [1.54, 1.807) is 12.1 Å². The highest BCUT2D eigenvalue weighted by atomic mass is 35.5. The molecule has 0 bridgehead atoms. The van der Waals surface area contributed by atoms with Crippen LogP contribution in [-0.4, -0.2) is 38.7 Å². The van der Waals surface area contributed by atoms with Crippen LogP contribution < -0.4 is 5.32 Å². The van der Waals surface area contributed by atoms with E-state index in [0.717, 1.165) is 36.9 Å². The van der Waals surface area contributed by atoms with Crippen LogP contribution in [0.3, 0.4) is 0 Å². The zero-order valence-electron chi connectivity index (χ0n) is 16.3. The molecule has 3 heterocycles. The number of amides is 1. The van der Waals surface area contributed by atoms with E-state index < -0.39 is 5.82 Å². The maximum atomic E-state index is 13.4. The highest BCUT2D eigenvalue weighted by Crippen LogP contribution is 2.33. The van der Waals surface area contributed by atoms with Crippen LogP contribution in [0.2, 0.25) is 5.02 Å². The zero-order chi connectivity index (χ0) is 20.7. The minimum atomic E-state index is -0.398. The molecule has 154 valence electrons. The number of carbonyl (C=O) groups is 1. The molecule has 0 radical (unpaired) electrons. The fourth-order valence-electron chi connectivity index (χ4n) is 4.56. The molecule has 1 amide bonds. The molecule has 0 aliphatic carbocycles. The molecule has 8 heteroatoms. The highest BCUT2D eigenvalue weighted by Gasteiger charge is 2.39. The first kappa shape index (κ1) is 19.2. The van der Waals surface area contributed by atoms with Crippen molar-refractivity contribution < 1.29 is 9.18 Å². The van der Waals surface area contributed by atoms with Crippen molar-refractivity contribution in [3.8, 4) is 0 Å². The number of rotatable bonds is 4. The van der Waals surface area contributed by atoms with E-state index in [2.05, 4.69) is 26.5 Å². The van der Waals surface area contributed by atoms with Crippen LogP contribution in [0.5, 0.6) is 0 Å². The van der Waals surface area contributed by atoms with E-state index >= 15 is 0 Å². The first-order valence-electron chi connectivity index (χ1n) is 10.0. The Labute approximate surface area is 178 Å². The third kappa shape index (κ3) is 3.82. The Hall–Kier alpha value is -2.77. The van der Waals surface area contributed by atoms with Gasteiger partial charge >= 0.3 is 0 Å². The summed E-state index contributed by atoms with van der Waals surface area (Å²) in [6.45, 7) is 3.53. The molecule has 1 N–H and O–H groups in total. The molecule has 1 saturated heterocycles. The summed E-state index contributed by atoms with van der Waals surface area (Å²) < 4.78 is 15.3. The molecule has 2 atom stereocenters. The molecule has 1 aromatic heterocycles. The lowest BCUT2D eigenvalue weighted by atomic mass is 9.89. The number of nitrogens with one attached hydrogen (secondary N) is 1. The summed E-state index contributed by atoms with van der Waals surface area (Å²) in [5.74, 6) is 1.29. The van der Waals surface area contributed by atoms with Crippen molar-refractivity contribution in [1.82, 2.24) is 19.7 Å². The van der Waals surface area contributed by atoms with Crippen molar-refractivity contribution >= 4 is 23.2 Å². The topological polar surface area (TPSA) is 63.1 Å². The van der Waals surface area contributed by atoms with Crippen molar-refractivity contribution in [3.05, 3.63) is 76.6 Å². The number of halogens is 2. The maximum absolute atomic E-state index is 13.4. The van der Waals surface area contributed by atoms with Gasteiger partial charge in [-0.3, -0.25) is 9.69 Å². The molecule has 30 heavy (non-hydrogen) atoms. The molecule has 0 saturated carbocycles. The van der Waals surface area contributed by atoms with Gasteiger partial charge in [0.15, 0.2) is 0 Å². The van der Waals surface area contributed by atoms with E-state index in [1.165, 1.54) is 17.7 Å². The number of hydrogen-bond acceptors (Lipinski definition) is 4. The third-order valence-electron chi connectivity index (χ3n) is 5.92. The zero-order valence-corrected chi connectivity index (χ0v) is 17.0. The summed E-state index contributed by atoms with van der Waals surface area (Å²) in [4.78, 5) is 15.1. The van der Waals surface area contributed by atoms with Crippen LogP contribution in [0.15, 0.2) is 48.5 Å². The van der Waals surface area contributed by atoms with Gasteiger partial charge < -0.3 is 9.88 Å². The van der Waals surface area contributed by atoms with Gasteiger partial charge in [0.1, 0.15) is 11.6 Å². The van der Waals surface area contributed by atoms with Crippen molar-refractivity contribution in [2.45, 2.75) is 19.5 Å². The Bertz CT molecular complexity index is 1100. The van der Waals surface area contributed by atoms with Crippen molar-refractivity contribution in [3.63, 3.8) is 0 Å². The Morgan fingerprint density at radius 2 is 1.93 bits per heavy atom. The van der Waals surface area contributed by atoms with Crippen molar-refractivity contribution in [2.75, 3.05) is 18.4 Å². The molecule has 5 rings (SSSR count). The molecule has 2 aliphatic heterocycles. The summed E-state index contributed by atoms with van der Waals surface area (Å²) in [5.41, 5.74) is 1.61. The SMILES string of the molecule is O=C(Nc1cccc(F)c1)c1nnc2n1C[C@@H]1CN(Cc3cccc(Cl)c3)C[C@@H]1C2. The van der Waals surface area contributed by atoms with Crippen LogP contribution in [0, 0.1) is 17.7 Å². The van der Waals surface area contributed by atoms with Gasteiger partial charge in [0.25, 0.3) is 5.91 Å². The molecule has 6 nitrogen and oxygen atoms in total. The molecule has 1 fully saturated rings. The quantitative estimate of drug-likeness (QED) is 0.693. The number of benzene rings is 2. The summed E-state index contributed by atoms with van der Waals surface area (Å²) in [6, 6.07) is 13.8. The predicted molar refractivity (Wildman–Crippen MR) is 112 cm³/mol. The highest BCUT2D eigenvalue weighted by molar-refractivity contribution is 6.30. The molecule has 3 aromatic rings.